The second-order valence-corrected chi connectivity index (χ2v) is 5.95. The van der Waals surface area contributed by atoms with Gasteiger partial charge in [0.15, 0.2) is 0 Å². The number of aryl methyl sites for hydroxylation is 1. The summed E-state index contributed by atoms with van der Waals surface area (Å²) in [5, 5.41) is 11.8. The van der Waals surface area contributed by atoms with E-state index in [-0.39, 0.29) is 5.57 Å². The van der Waals surface area contributed by atoms with Crippen LogP contribution in [0.2, 0.25) is 0 Å². The van der Waals surface area contributed by atoms with Crippen molar-refractivity contribution < 1.29 is 13.6 Å². The number of amides is 1. The third kappa shape index (κ3) is 4.93. The molecule has 6 heteroatoms. The highest BCUT2D eigenvalue weighted by Crippen LogP contribution is 2.26. The molecule has 0 saturated heterocycles. The number of nitrogens with zero attached hydrogens (tertiary/aromatic N) is 1. The van der Waals surface area contributed by atoms with E-state index in [1.807, 2.05) is 37.3 Å². The molecule has 3 nitrogen and oxygen atoms in total. The van der Waals surface area contributed by atoms with Crippen LogP contribution >= 0.6 is 11.8 Å². The summed E-state index contributed by atoms with van der Waals surface area (Å²) < 4.78 is 24.5. The largest absolute Gasteiger partial charge is 0.321 e. The zero-order valence-electron chi connectivity index (χ0n) is 12.8. The zero-order chi connectivity index (χ0) is 17.5. The van der Waals surface area contributed by atoms with Crippen molar-refractivity contribution in [3.05, 3.63) is 65.2 Å². The van der Waals surface area contributed by atoms with Crippen molar-refractivity contribution in [2.24, 2.45) is 0 Å². The molecule has 1 N–H and O–H groups in total. The highest BCUT2D eigenvalue weighted by Gasteiger charge is 2.11. The van der Waals surface area contributed by atoms with E-state index in [0.29, 0.717) is 22.3 Å². The van der Waals surface area contributed by atoms with E-state index in [4.69, 9.17) is 0 Å². The summed E-state index contributed by atoms with van der Waals surface area (Å²) in [5.74, 6) is -3.04. The molecule has 2 rings (SSSR count). The van der Waals surface area contributed by atoms with E-state index >= 15 is 0 Å². The van der Waals surface area contributed by atoms with E-state index in [0.717, 1.165) is 11.1 Å². The molecule has 0 unspecified atom stereocenters. The fourth-order valence-electron chi connectivity index (χ4n) is 1.97. The number of alkyl halides is 2. The Kier molecular flexibility index (Phi) is 6.10. The fraction of sp³-hybridized carbons (Fsp3) is 0.111. The van der Waals surface area contributed by atoms with Gasteiger partial charge in [0.05, 0.1) is 0 Å². The third-order valence-electron chi connectivity index (χ3n) is 3.19. The van der Waals surface area contributed by atoms with Crippen molar-refractivity contribution >= 4 is 29.4 Å². The van der Waals surface area contributed by atoms with Gasteiger partial charge in [-0.25, -0.2) is 0 Å². The van der Waals surface area contributed by atoms with Crippen LogP contribution in [0.5, 0.6) is 0 Å². The Morgan fingerprint density at radius 1 is 1.21 bits per heavy atom. The molecular weight excluding hydrogens is 330 g/mol. The van der Waals surface area contributed by atoms with E-state index in [9.17, 15) is 18.8 Å². The van der Waals surface area contributed by atoms with Crippen LogP contribution < -0.4 is 5.32 Å². The minimum absolute atomic E-state index is 0.0321. The first-order valence-corrected chi connectivity index (χ1v) is 7.91. The van der Waals surface area contributed by atoms with E-state index in [2.05, 4.69) is 5.32 Å². The predicted octanol–water partition coefficient (Wildman–Crippen LogP) is 4.86. The van der Waals surface area contributed by atoms with Crippen molar-refractivity contribution in [1.29, 1.82) is 5.26 Å². The number of anilines is 1. The summed E-state index contributed by atoms with van der Waals surface area (Å²) in [4.78, 5) is 12.6. The van der Waals surface area contributed by atoms with Crippen molar-refractivity contribution in [3.63, 3.8) is 0 Å². The molecule has 0 atom stereocenters. The molecule has 122 valence electrons. The van der Waals surface area contributed by atoms with Gasteiger partial charge in [-0.15, -0.1) is 0 Å². The van der Waals surface area contributed by atoms with E-state index < -0.39 is 11.7 Å². The van der Waals surface area contributed by atoms with Crippen LogP contribution in [0.15, 0.2) is 59.0 Å². The molecule has 1 amide bonds. The number of hydrogen-bond acceptors (Lipinski definition) is 3. The van der Waals surface area contributed by atoms with Gasteiger partial charge in [-0.2, -0.15) is 14.0 Å². The standard InChI is InChI=1S/C18H14F2N2OS/c1-12-4-2-3-5-13(12)10-14(11-21)17(23)22-15-6-8-16(9-7-15)24-18(19)20/h2-10,18H,1H3,(H,22,23)/b14-10+. The Morgan fingerprint density at radius 2 is 1.88 bits per heavy atom. The van der Waals surface area contributed by atoms with Gasteiger partial charge in [0, 0.05) is 10.6 Å². The molecule has 0 bridgehead atoms. The quantitative estimate of drug-likeness (QED) is 0.479. The maximum absolute atomic E-state index is 12.3. The highest BCUT2D eigenvalue weighted by atomic mass is 32.2. The van der Waals surface area contributed by atoms with Gasteiger partial charge in [-0.3, -0.25) is 4.79 Å². The van der Waals surface area contributed by atoms with Gasteiger partial charge in [-0.05, 0) is 48.4 Å². The first kappa shape index (κ1) is 17.7. The van der Waals surface area contributed by atoms with Crippen molar-refractivity contribution in [3.8, 4) is 6.07 Å². The summed E-state index contributed by atoms with van der Waals surface area (Å²) in [6, 6.07) is 15.3. The molecular formula is C18H14F2N2OS. The van der Waals surface area contributed by atoms with Gasteiger partial charge in [0.25, 0.3) is 11.7 Å². The monoisotopic (exact) mass is 344 g/mol. The molecule has 0 aromatic heterocycles. The minimum Gasteiger partial charge on any atom is -0.321 e. The lowest BCUT2D eigenvalue weighted by atomic mass is 10.1. The zero-order valence-corrected chi connectivity index (χ0v) is 13.6. The molecule has 0 spiro atoms. The molecule has 0 aliphatic carbocycles. The topological polar surface area (TPSA) is 52.9 Å². The number of nitriles is 1. The van der Waals surface area contributed by atoms with Gasteiger partial charge in [0.1, 0.15) is 11.6 Å². The molecule has 0 aliphatic heterocycles. The SMILES string of the molecule is Cc1ccccc1/C=C(\C#N)C(=O)Nc1ccc(SC(F)F)cc1. The Hall–Kier alpha value is -2.65. The lowest BCUT2D eigenvalue weighted by molar-refractivity contribution is -0.112. The second kappa shape index (κ2) is 8.27. The number of nitrogens with one attached hydrogen (secondary N) is 1. The van der Waals surface area contributed by atoms with Gasteiger partial charge < -0.3 is 5.32 Å². The van der Waals surface area contributed by atoms with Gasteiger partial charge in [0.2, 0.25) is 0 Å². The van der Waals surface area contributed by atoms with Crippen molar-refractivity contribution in [2.75, 3.05) is 5.32 Å². The highest BCUT2D eigenvalue weighted by molar-refractivity contribution is 7.99. The summed E-state index contributed by atoms with van der Waals surface area (Å²) in [7, 11) is 0. The number of hydrogen-bond donors (Lipinski definition) is 1. The Labute approximate surface area is 143 Å². The number of carbonyl (C=O) groups is 1. The molecule has 24 heavy (non-hydrogen) atoms. The minimum atomic E-state index is -2.49. The third-order valence-corrected chi connectivity index (χ3v) is 3.91. The second-order valence-electron chi connectivity index (χ2n) is 4.88. The summed E-state index contributed by atoms with van der Waals surface area (Å²) >= 11 is 0.430. The molecule has 0 fully saturated rings. The molecule has 0 heterocycles. The van der Waals surface area contributed by atoms with Crippen LogP contribution in [0.1, 0.15) is 11.1 Å². The molecule has 2 aromatic carbocycles. The Balaban J connectivity index is 2.13. The van der Waals surface area contributed by atoms with Gasteiger partial charge in [-0.1, -0.05) is 36.0 Å². The predicted molar refractivity (Wildman–Crippen MR) is 91.7 cm³/mol. The van der Waals surface area contributed by atoms with Crippen LogP contribution in [0.25, 0.3) is 6.08 Å². The van der Waals surface area contributed by atoms with Crippen molar-refractivity contribution in [2.45, 2.75) is 17.6 Å². The number of carbonyl (C=O) groups excluding carboxylic acids is 1. The molecule has 0 aliphatic rings. The van der Waals surface area contributed by atoms with Crippen LogP contribution in [0.3, 0.4) is 0 Å². The van der Waals surface area contributed by atoms with Crippen LogP contribution in [-0.4, -0.2) is 11.7 Å². The number of halogens is 2. The van der Waals surface area contributed by atoms with E-state index in [1.54, 1.807) is 0 Å². The first-order valence-electron chi connectivity index (χ1n) is 7.03. The average Bonchev–Trinajstić information content (AvgIpc) is 2.55. The maximum atomic E-state index is 12.3. The van der Waals surface area contributed by atoms with E-state index in [1.165, 1.54) is 30.3 Å². The average molecular weight is 344 g/mol. The Bertz CT molecular complexity index is 795. The molecule has 0 saturated carbocycles. The van der Waals surface area contributed by atoms with Crippen LogP contribution in [-0.2, 0) is 4.79 Å². The lowest BCUT2D eigenvalue weighted by Crippen LogP contribution is -2.13. The lowest BCUT2D eigenvalue weighted by Gasteiger charge is -2.06. The summed E-state index contributed by atoms with van der Waals surface area (Å²) in [5.41, 5.74) is 2.14. The fourth-order valence-corrected chi connectivity index (χ4v) is 2.47. The molecule has 2 aromatic rings. The Morgan fingerprint density at radius 3 is 2.46 bits per heavy atom. The number of thioether (sulfide) groups is 1. The number of benzene rings is 2. The summed E-state index contributed by atoms with van der Waals surface area (Å²) in [6.45, 7) is 1.89. The van der Waals surface area contributed by atoms with Crippen molar-refractivity contribution in [1.82, 2.24) is 0 Å². The molecule has 0 radical (unpaired) electrons. The van der Waals surface area contributed by atoms with Crippen LogP contribution in [0.4, 0.5) is 14.5 Å². The van der Waals surface area contributed by atoms with Gasteiger partial charge >= 0.3 is 0 Å². The van der Waals surface area contributed by atoms with Crippen LogP contribution in [0, 0.1) is 18.3 Å². The summed E-state index contributed by atoms with van der Waals surface area (Å²) in [6.07, 6.45) is 1.52. The smallest absolute Gasteiger partial charge is 0.288 e. The maximum Gasteiger partial charge on any atom is 0.288 e. The normalized spacial score (nSPS) is 11.2. The number of rotatable bonds is 5. The first-order chi connectivity index (χ1) is 11.5.